The lowest BCUT2D eigenvalue weighted by atomic mass is 10.2. The minimum atomic E-state index is -0.292. The number of nitrogens with one attached hydrogen (secondary N) is 2. The molecule has 2 amide bonds. The highest BCUT2D eigenvalue weighted by atomic mass is 35.5. The monoisotopic (exact) mass is 464 g/mol. The van der Waals surface area contributed by atoms with E-state index in [-0.39, 0.29) is 22.6 Å². The van der Waals surface area contributed by atoms with Gasteiger partial charge in [0.05, 0.1) is 22.9 Å². The number of benzene rings is 1. The highest BCUT2D eigenvalue weighted by Gasteiger charge is 2.15. The Labute approximate surface area is 187 Å². The van der Waals surface area contributed by atoms with Crippen molar-refractivity contribution >= 4 is 62.4 Å². The highest BCUT2D eigenvalue weighted by Crippen LogP contribution is 2.34. The van der Waals surface area contributed by atoms with Crippen molar-refractivity contribution in [2.45, 2.75) is 18.9 Å². The van der Waals surface area contributed by atoms with E-state index >= 15 is 0 Å². The molecule has 0 aliphatic heterocycles. The van der Waals surface area contributed by atoms with Gasteiger partial charge in [-0.2, -0.15) is 0 Å². The van der Waals surface area contributed by atoms with Crippen molar-refractivity contribution in [1.29, 1.82) is 0 Å². The Kier molecular flexibility index (Phi) is 7.65. The number of thioether (sulfide) groups is 1. The lowest BCUT2D eigenvalue weighted by Gasteiger charge is -2.09. The summed E-state index contributed by atoms with van der Waals surface area (Å²) in [4.78, 5) is 35.3. The van der Waals surface area contributed by atoms with Crippen LogP contribution in [0.4, 0.5) is 5.69 Å². The Hall–Kier alpha value is -2.20. The largest absolute Gasteiger partial charge is 0.383 e. The topological polar surface area (TPSA) is 93.2 Å². The summed E-state index contributed by atoms with van der Waals surface area (Å²) in [6, 6.07) is 4.79. The van der Waals surface area contributed by atoms with Gasteiger partial charge in [0.1, 0.15) is 16.2 Å². The van der Waals surface area contributed by atoms with Crippen LogP contribution in [0.3, 0.4) is 0 Å². The molecule has 3 aromatic rings. The summed E-state index contributed by atoms with van der Waals surface area (Å²) in [5.41, 5.74) is 2.01. The standard InChI is InChI=1S/C20H21ClN4O3S2/c1-11-12(2)30-20-17(11)19(23-10-24-20)29-9-16(26)25-13-4-5-14(15(21)8-13)18(27)22-6-7-28-3/h4-5,8,10H,6-7,9H2,1-3H3,(H,22,27)(H,25,26). The van der Waals surface area contributed by atoms with Crippen molar-refractivity contribution in [3.63, 3.8) is 0 Å². The van der Waals surface area contributed by atoms with Gasteiger partial charge in [-0.05, 0) is 37.6 Å². The Balaban J connectivity index is 1.62. The highest BCUT2D eigenvalue weighted by molar-refractivity contribution is 8.00. The van der Waals surface area contributed by atoms with E-state index in [1.807, 2.05) is 13.8 Å². The zero-order valence-electron chi connectivity index (χ0n) is 16.7. The lowest BCUT2D eigenvalue weighted by molar-refractivity contribution is -0.113. The van der Waals surface area contributed by atoms with Crippen LogP contribution in [-0.2, 0) is 9.53 Å². The van der Waals surface area contributed by atoms with Crippen LogP contribution in [-0.4, -0.2) is 47.8 Å². The maximum Gasteiger partial charge on any atom is 0.252 e. The molecule has 3 rings (SSSR count). The predicted molar refractivity (Wildman–Crippen MR) is 122 cm³/mol. The maximum absolute atomic E-state index is 12.4. The summed E-state index contributed by atoms with van der Waals surface area (Å²) >= 11 is 9.20. The second-order valence-electron chi connectivity index (χ2n) is 6.42. The van der Waals surface area contributed by atoms with E-state index in [9.17, 15) is 9.59 Å². The molecule has 158 valence electrons. The fourth-order valence-corrected chi connectivity index (χ4v) is 4.91. The molecular formula is C20H21ClN4O3S2. The van der Waals surface area contributed by atoms with Gasteiger partial charge in [-0.15, -0.1) is 11.3 Å². The second-order valence-corrected chi connectivity index (χ2v) is 9.00. The van der Waals surface area contributed by atoms with Gasteiger partial charge in [0.15, 0.2) is 0 Å². The van der Waals surface area contributed by atoms with Gasteiger partial charge in [-0.25, -0.2) is 9.97 Å². The van der Waals surface area contributed by atoms with Crippen molar-refractivity contribution in [3.8, 4) is 0 Å². The summed E-state index contributed by atoms with van der Waals surface area (Å²) < 4.78 is 4.90. The Morgan fingerprint density at radius 3 is 2.80 bits per heavy atom. The number of halogens is 1. The third-order valence-corrected chi connectivity index (χ3v) is 6.78. The van der Waals surface area contributed by atoms with Crippen molar-refractivity contribution in [2.24, 2.45) is 0 Å². The zero-order valence-corrected chi connectivity index (χ0v) is 19.1. The number of ether oxygens (including phenoxy) is 1. The van der Waals surface area contributed by atoms with Gasteiger partial charge in [-0.3, -0.25) is 9.59 Å². The molecule has 0 bridgehead atoms. The molecule has 0 saturated heterocycles. The number of aromatic nitrogens is 2. The zero-order chi connectivity index (χ0) is 21.7. The van der Waals surface area contributed by atoms with Gasteiger partial charge < -0.3 is 15.4 Å². The van der Waals surface area contributed by atoms with Crippen molar-refractivity contribution in [2.75, 3.05) is 31.3 Å². The third kappa shape index (κ3) is 5.28. The number of thiophene rings is 1. The first-order valence-corrected chi connectivity index (χ1v) is 11.3. The number of aryl methyl sites for hydroxylation is 2. The van der Waals surface area contributed by atoms with Crippen molar-refractivity contribution in [3.05, 3.63) is 45.6 Å². The van der Waals surface area contributed by atoms with Crippen molar-refractivity contribution in [1.82, 2.24) is 15.3 Å². The first-order valence-electron chi connectivity index (χ1n) is 9.10. The Morgan fingerprint density at radius 1 is 1.27 bits per heavy atom. The molecule has 2 heterocycles. The quantitative estimate of drug-likeness (QED) is 0.296. The smallest absolute Gasteiger partial charge is 0.252 e. The molecule has 0 unspecified atom stereocenters. The van der Waals surface area contributed by atoms with Crippen LogP contribution in [0.15, 0.2) is 29.6 Å². The number of anilines is 1. The minimum Gasteiger partial charge on any atom is -0.383 e. The van der Waals surface area contributed by atoms with Gasteiger partial charge >= 0.3 is 0 Å². The van der Waals surface area contributed by atoms with E-state index < -0.39 is 0 Å². The molecule has 0 radical (unpaired) electrons. The first-order chi connectivity index (χ1) is 14.4. The normalized spacial score (nSPS) is 10.9. The molecule has 0 aliphatic rings. The number of nitrogens with zero attached hydrogens (tertiary/aromatic N) is 2. The summed E-state index contributed by atoms with van der Waals surface area (Å²) in [5.74, 6) is -0.290. The second kappa shape index (κ2) is 10.2. The van der Waals surface area contributed by atoms with E-state index in [1.54, 1.807) is 36.6 Å². The molecule has 10 heteroatoms. The number of methoxy groups -OCH3 is 1. The van der Waals surface area contributed by atoms with Crippen LogP contribution in [0.1, 0.15) is 20.8 Å². The van der Waals surface area contributed by atoms with Gasteiger partial charge in [0, 0.05) is 29.6 Å². The molecule has 0 atom stereocenters. The molecule has 0 aliphatic carbocycles. The summed E-state index contributed by atoms with van der Waals surface area (Å²) in [7, 11) is 1.56. The summed E-state index contributed by atoms with van der Waals surface area (Å²) in [5, 5.41) is 7.57. The number of amides is 2. The number of hydrogen-bond acceptors (Lipinski definition) is 7. The average molecular weight is 465 g/mol. The van der Waals surface area contributed by atoms with Crippen LogP contribution in [0, 0.1) is 13.8 Å². The minimum absolute atomic E-state index is 0.190. The van der Waals surface area contributed by atoms with Crippen LogP contribution in [0.2, 0.25) is 5.02 Å². The SMILES string of the molecule is COCCNC(=O)c1ccc(NC(=O)CSc2ncnc3sc(C)c(C)c23)cc1Cl. The van der Waals surface area contributed by atoms with Gasteiger partial charge in [0.2, 0.25) is 5.91 Å². The average Bonchev–Trinajstić information content (AvgIpc) is 3.01. The maximum atomic E-state index is 12.4. The van der Waals surface area contributed by atoms with E-state index in [4.69, 9.17) is 16.3 Å². The lowest BCUT2D eigenvalue weighted by Crippen LogP contribution is -2.27. The predicted octanol–water partition coefficient (Wildman–Crippen LogP) is 4.07. The molecule has 2 N–H and O–H groups in total. The number of rotatable bonds is 8. The molecular weight excluding hydrogens is 444 g/mol. The summed E-state index contributed by atoms with van der Waals surface area (Å²) in [6.07, 6.45) is 1.52. The molecule has 0 fully saturated rings. The molecule has 1 aromatic carbocycles. The van der Waals surface area contributed by atoms with Crippen LogP contribution >= 0.6 is 34.7 Å². The van der Waals surface area contributed by atoms with Crippen LogP contribution in [0.25, 0.3) is 10.2 Å². The fraction of sp³-hybridized carbons (Fsp3) is 0.300. The number of fused-ring (bicyclic) bond motifs is 1. The van der Waals surface area contributed by atoms with E-state index in [1.165, 1.54) is 23.0 Å². The number of carbonyl (C=O) groups excluding carboxylic acids is 2. The first kappa shape index (κ1) is 22.5. The Bertz CT molecular complexity index is 1090. The molecule has 2 aromatic heterocycles. The summed E-state index contributed by atoms with van der Waals surface area (Å²) in [6.45, 7) is 4.89. The Morgan fingerprint density at radius 2 is 2.07 bits per heavy atom. The van der Waals surface area contributed by atoms with Gasteiger partial charge in [0.25, 0.3) is 5.91 Å². The van der Waals surface area contributed by atoms with E-state index in [0.717, 1.165) is 20.8 Å². The van der Waals surface area contributed by atoms with E-state index in [2.05, 4.69) is 20.6 Å². The number of hydrogen-bond donors (Lipinski definition) is 2. The van der Waals surface area contributed by atoms with Crippen LogP contribution < -0.4 is 10.6 Å². The van der Waals surface area contributed by atoms with Crippen molar-refractivity contribution < 1.29 is 14.3 Å². The van der Waals surface area contributed by atoms with Gasteiger partial charge in [-0.1, -0.05) is 23.4 Å². The number of carbonyl (C=O) groups is 2. The molecule has 0 spiro atoms. The third-order valence-electron chi connectivity index (χ3n) is 4.36. The molecule has 30 heavy (non-hydrogen) atoms. The fourth-order valence-electron chi connectivity index (χ4n) is 2.73. The molecule has 0 saturated carbocycles. The van der Waals surface area contributed by atoms with Crippen LogP contribution in [0.5, 0.6) is 0 Å². The van der Waals surface area contributed by atoms with E-state index in [0.29, 0.717) is 24.4 Å². The molecule has 7 nitrogen and oxygen atoms in total.